The number of hydrogen-bond acceptors (Lipinski definition) is 5. The second-order valence-electron chi connectivity index (χ2n) is 8.02. The van der Waals surface area contributed by atoms with Gasteiger partial charge < -0.3 is 14.4 Å². The van der Waals surface area contributed by atoms with E-state index in [4.69, 9.17) is 9.47 Å². The van der Waals surface area contributed by atoms with E-state index in [9.17, 15) is 13.2 Å². The number of rotatable bonds is 6. The van der Waals surface area contributed by atoms with Crippen molar-refractivity contribution < 1.29 is 22.7 Å². The highest BCUT2D eigenvalue weighted by atomic mass is 32.2. The van der Waals surface area contributed by atoms with E-state index >= 15 is 0 Å². The first kappa shape index (κ1) is 21.6. The van der Waals surface area contributed by atoms with Crippen molar-refractivity contribution in [2.75, 3.05) is 40.4 Å². The summed E-state index contributed by atoms with van der Waals surface area (Å²) in [7, 11) is -0.581. The number of sulfonamides is 1. The highest BCUT2D eigenvalue weighted by Gasteiger charge is 2.45. The largest absolute Gasteiger partial charge is 0.497 e. The Morgan fingerprint density at radius 1 is 0.871 bits per heavy atom. The van der Waals surface area contributed by atoms with Gasteiger partial charge >= 0.3 is 0 Å². The number of carbonyl (C=O) groups excluding carboxylic acids is 1. The SMILES string of the molecule is COc1ccc(C2CN(S(=O)(=O)c3ccc(OC)cc3)CC2C(=O)N2CCCC2)cc1. The first-order valence-electron chi connectivity index (χ1n) is 10.5. The molecule has 7 nitrogen and oxygen atoms in total. The quantitative estimate of drug-likeness (QED) is 0.685. The predicted molar refractivity (Wildman–Crippen MR) is 117 cm³/mol. The van der Waals surface area contributed by atoms with Crippen molar-refractivity contribution in [1.82, 2.24) is 9.21 Å². The second-order valence-corrected chi connectivity index (χ2v) is 9.95. The van der Waals surface area contributed by atoms with Gasteiger partial charge in [-0.2, -0.15) is 4.31 Å². The van der Waals surface area contributed by atoms with Crippen molar-refractivity contribution in [2.45, 2.75) is 23.7 Å². The van der Waals surface area contributed by atoms with Crippen molar-refractivity contribution in [3.63, 3.8) is 0 Å². The molecule has 0 aromatic heterocycles. The summed E-state index contributed by atoms with van der Waals surface area (Å²) >= 11 is 0. The minimum Gasteiger partial charge on any atom is -0.497 e. The summed E-state index contributed by atoms with van der Waals surface area (Å²) in [4.78, 5) is 15.4. The zero-order valence-corrected chi connectivity index (χ0v) is 18.7. The number of hydrogen-bond donors (Lipinski definition) is 0. The smallest absolute Gasteiger partial charge is 0.243 e. The number of benzene rings is 2. The first-order chi connectivity index (χ1) is 14.9. The van der Waals surface area contributed by atoms with Crippen LogP contribution in [-0.4, -0.2) is 63.9 Å². The summed E-state index contributed by atoms with van der Waals surface area (Å²) < 4.78 is 38.5. The summed E-state index contributed by atoms with van der Waals surface area (Å²) in [5, 5.41) is 0. The Morgan fingerprint density at radius 2 is 1.42 bits per heavy atom. The lowest BCUT2D eigenvalue weighted by atomic mass is 9.88. The fourth-order valence-electron chi connectivity index (χ4n) is 4.47. The Kier molecular flexibility index (Phi) is 6.20. The molecule has 2 aliphatic rings. The molecule has 2 heterocycles. The van der Waals surface area contributed by atoms with Gasteiger partial charge in [-0.1, -0.05) is 12.1 Å². The molecule has 31 heavy (non-hydrogen) atoms. The summed E-state index contributed by atoms with van der Waals surface area (Å²) in [6.45, 7) is 1.94. The topological polar surface area (TPSA) is 76.1 Å². The van der Waals surface area contributed by atoms with Crippen LogP contribution in [0.5, 0.6) is 11.5 Å². The molecule has 2 aliphatic heterocycles. The molecule has 1 amide bonds. The third-order valence-corrected chi connectivity index (χ3v) is 8.11. The lowest BCUT2D eigenvalue weighted by molar-refractivity contribution is -0.134. The van der Waals surface area contributed by atoms with Gasteiger partial charge in [0.25, 0.3) is 0 Å². The fourth-order valence-corrected chi connectivity index (χ4v) is 5.96. The molecule has 2 saturated heterocycles. The molecule has 4 rings (SSSR count). The number of carbonyl (C=O) groups is 1. The van der Waals surface area contributed by atoms with Gasteiger partial charge in [0.1, 0.15) is 11.5 Å². The van der Waals surface area contributed by atoms with Crippen LogP contribution in [0.4, 0.5) is 0 Å². The van der Waals surface area contributed by atoms with Crippen molar-refractivity contribution in [3.8, 4) is 11.5 Å². The molecule has 2 atom stereocenters. The zero-order chi connectivity index (χ0) is 22.0. The van der Waals surface area contributed by atoms with Crippen LogP contribution >= 0.6 is 0 Å². The molecule has 166 valence electrons. The van der Waals surface area contributed by atoms with E-state index in [1.807, 2.05) is 29.2 Å². The average Bonchev–Trinajstić information content (AvgIpc) is 3.49. The maximum atomic E-state index is 13.3. The van der Waals surface area contributed by atoms with E-state index in [2.05, 4.69) is 0 Å². The van der Waals surface area contributed by atoms with Crippen molar-refractivity contribution in [2.24, 2.45) is 5.92 Å². The molecule has 2 unspecified atom stereocenters. The number of nitrogens with zero attached hydrogens (tertiary/aromatic N) is 2. The van der Waals surface area contributed by atoms with E-state index in [1.165, 1.54) is 11.4 Å². The van der Waals surface area contributed by atoms with Gasteiger partial charge in [-0.25, -0.2) is 8.42 Å². The highest BCUT2D eigenvalue weighted by Crippen LogP contribution is 2.38. The summed E-state index contributed by atoms with van der Waals surface area (Å²) in [5.41, 5.74) is 0.950. The predicted octanol–water partition coefficient (Wildman–Crippen LogP) is 2.73. The molecule has 8 heteroatoms. The van der Waals surface area contributed by atoms with Crippen LogP contribution in [0.3, 0.4) is 0 Å². The number of ether oxygens (including phenoxy) is 2. The van der Waals surface area contributed by atoms with E-state index in [1.54, 1.807) is 31.4 Å². The number of amides is 1. The van der Waals surface area contributed by atoms with Crippen LogP contribution in [0.25, 0.3) is 0 Å². The van der Waals surface area contributed by atoms with Gasteiger partial charge in [-0.15, -0.1) is 0 Å². The average molecular weight is 445 g/mol. The number of likely N-dealkylation sites (tertiary alicyclic amines) is 1. The molecule has 0 aliphatic carbocycles. The summed E-state index contributed by atoms with van der Waals surface area (Å²) in [6.07, 6.45) is 2.00. The molecule has 2 fully saturated rings. The van der Waals surface area contributed by atoms with Crippen LogP contribution in [0.2, 0.25) is 0 Å². The van der Waals surface area contributed by atoms with E-state index in [0.717, 1.165) is 37.2 Å². The van der Waals surface area contributed by atoms with Gasteiger partial charge in [0.2, 0.25) is 15.9 Å². The third kappa shape index (κ3) is 4.27. The molecular formula is C23H28N2O5S. The lowest BCUT2D eigenvalue weighted by Gasteiger charge is -2.24. The Morgan fingerprint density at radius 3 is 1.97 bits per heavy atom. The number of methoxy groups -OCH3 is 2. The van der Waals surface area contributed by atoms with Crippen LogP contribution in [0.1, 0.15) is 24.3 Å². The fraction of sp³-hybridized carbons (Fsp3) is 0.435. The van der Waals surface area contributed by atoms with E-state index in [-0.39, 0.29) is 29.8 Å². The normalized spacial score (nSPS) is 21.9. The minimum absolute atomic E-state index is 0.0470. The molecular weight excluding hydrogens is 416 g/mol. The monoisotopic (exact) mass is 444 g/mol. The Hall–Kier alpha value is -2.58. The molecule has 2 aromatic rings. The van der Waals surface area contributed by atoms with Crippen LogP contribution in [-0.2, 0) is 14.8 Å². The molecule has 0 N–H and O–H groups in total. The van der Waals surface area contributed by atoms with Gasteiger partial charge in [0.15, 0.2) is 0 Å². The minimum atomic E-state index is -3.73. The Labute approximate surface area is 183 Å². The lowest BCUT2D eigenvalue weighted by Crippen LogP contribution is -2.37. The molecule has 0 radical (unpaired) electrons. The Bertz CT molecular complexity index is 1010. The van der Waals surface area contributed by atoms with Crippen LogP contribution < -0.4 is 9.47 Å². The van der Waals surface area contributed by atoms with Gasteiger partial charge in [-0.3, -0.25) is 4.79 Å². The molecule has 2 aromatic carbocycles. The Balaban J connectivity index is 1.64. The van der Waals surface area contributed by atoms with Crippen molar-refractivity contribution in [1.29, 1.82) is 0 Å². The van der Waals surface area contributed by atoms with Crippen molar-refractivity contribution in [3.05, 3.63) is 54.1 Å². The highest BCUT2D eigenvalue weighted by molar-refractivity contribution is 7.89. The molecule has 0 bridgehead atoms. The van der Waals surface area contributed by atoms with Gasteiger partial charge in [0, 0.05) is 32.1 Å². The standard InChI is InChI=1S/C23H28N2O5S/c1-29-18-7-5-17(6-8-18)21-15-25(16-22(21)23(26)24-13-3-4-14-24)31(27,28)20-11-9-19(30-2)10-12-20/h5-12,21-22H,3-4,13-16H2,1-2H3. The van der Waals surface area contributed by atoms with Gasteiger partial charge in [0.05, 0.1) is 25.0 Å². The first-order valence-corrected chi connectivity index (χ1v) is 11.9. The van der Waals surface area contributed by atoms with Crippen molar-refractivity contribution >= 4 is 15.9 Å². The molecule has 0 saturated carbocycles. The van der Waals surface area contributed by atoms with E-state index < -0.39 is 15.9 Å². The maximum Gasteiger partial charge on any atom is 0.243 e. The summed E-state index contributed by atoms with van der Waals surface area (Å²) in [5.74, 6) is 0.766. The second kappa shape index (κ2) is 8.88. The maximum absolute atomic E-state index is 13.3. The van der Waals surface area contributed by atoms with Gasteiger partial charge in [-0.05, 0) is 54.8 Å². The van der Waals surface area contributed by atoms with Crippen LogP contribution in [0.15, 0.2) is 53.4 Å². The molecule has 0 spiro atoms. The van der Waals surface area contributed by atoms with Crippen LogP contribution in [0, 0.1) is 5.92 Å². The zero-order valence-electron chi connectivity index (χ0n) is 17.9. The third-order valence-electron chi connectivity index (χ3n) is 6.26. The van der Waals surface area contributed by atoms with E-state index in [0.29, 0.717) is 5.75 Å². The summed E-state index contributed by atoms with van der Waals surface area (Å²) in [6, 6.07) is 13.9.